The lowest BCUT2D eigenvalue weighted by Crippen LogP contribution is -2.04. The summed E-state index contributed by atoms with van der Waals surface area (Å²) >= 11 is 7.88. The summed E-state index contributed by atoms with van der Waals surface area (Å²) in [6.45, 7) is 2.02. The molecule has 0 spiro atoms. The van der Waals surface area contributed by atoms with Crippen molar-refractivity contribution in [3.05, 3.63) is 63.5 Å². The van der Waals surface area contributed by atoms with Gasteiger partial charge in [-0.05, 0) is 30.7 Å². The molecule has 0 aliphatic carbocycles. The standard InChI is InChI=1S/C17H10ClNO3S/c1-9-4-5-11-13(7-9)23-15(14(11)18)16-19-12(17(20)22-16)8-10-3-2-6-21-10/h2-8H,1H3/b12-8+. The van der Waals surface area contributed by atoms with E-state index in [-0.39, 0.29) is 11.6 Å². The summed E-state index contributed by atoms with van der Waals surface area (Å²) in [6, 6.07) is 9.48. The van der Waals surface area contributed by atoms with Gasteiger partial charge in [-0.15, -0.1) is 11.3 Å². The number of furan rings is 1. The third kappa shape index (κ3) is 2.48. The number of carbonyl (C=O) groups is 1. The minimum Gasteiger partial charge on any atom is -0.465 e. The first-order valence-electron chi connectivity index (χ1n) is 6.87. The minimum absolute atomic E-state index is 0.194. The van der Waals surface area contributed by atoms with E-state index in [2.05, 4.69) is 4.99 Å². The third-order valence-corrected chi connectivity index (χ3v) is 5.07. The third-order valence-electron chi connectivity index (χ3n) is 3.42. The van der Waals surface area contributed by atoms with Crippen molar-refractivity contribution >= 4 is 51.0 Å². The summed E-state index contributed by atoms with van der Waals surface area (Å²) in [5, 5.41) is 1.48. The van der Waals surface area contributed by atoms with Gasteiger partial charge in [0.25, 0.3) is 0 Å². The molecule has 1 aliphatic heterocycles. The lowest BCUT2D eigenvalue weighted by atomic mass is 10.2. The van der Waals surface area contributed by atoms with Gasteiger partial charge in [0, 0.05) is 16.2 Å². The molecule has 3 aromatic rings. The Morgan fingerprint density at radius 2 is 2.17 bits per heavy atom. The van der Waals surface area contributed by atoms with Gasteiger partial charge in [-0.2, -0.15) is 0 Å². The van der Waals surface area contributed by atoms with Crippen molar-refractivity contribution in [2.24, 2.45) is 4.99 Å². The van der Waals surface area contributed by atoms with Gasteiger partial charge >= 0.3 is 5.97 Å². The van der Waals surface area contributed by atoms with Crippen LogP contribution in [0.3, 0.4) is 0 Å². The number of nitrogens with zero attached hydrogens (tertiary/aromatic N) is 1. The van der Waals surface area contributed by atoms with Crippen LogP contribution in [0.25, 0.3) is 16.2 Å². The van der Waals surface area contributed by atoms with Crippen LogP contribution in [0.5, 0.6) is 0 Å². The predicted molar refractivity (Wildman–Crippen MR) is 90.9 cm³/mol. The molecular weight excluding hydrogens is 334 g/mol. The van der Waals surface area contributed by atoms with E-state index in [9.17, 15) is 4.79 Å². The summed E-state index contributed by atoms with van der Waals surface area (Å²) < 4.78 is 11.5. The molecule has 0 atom stereocenters. The van der Waals surface area contributed by atoms with Crippen molar-refractivity contribution < 1.29 is 13.9 Å². The number of aryl methyl sites for hydroxylation is 1. The van der Waals surface area contributed by atoms with Crippen molar-refractivity contribution in [3.63, 3.8) is 0 Å². The zero-order valence-corrected chi connectivity index (χ0v) is 13.6. The van der Waals surface area contributed by atoms with E-state index in [4.69, 9.17) is 20.8 Å². The summed E-state index contributed by atoms with van der Waals surface area (Å²) in [7, 11) is 0. The Kier molecular flexibility index (Phi) is 3.32. The average Bonchev–Trinajstić information content (AvgIpc) is 3.21. The quantitative estimate of drug-likeness (QED) is 0.496. The fourth-order valence-corrected chi connectivity index (χ4v) is 3.86. The van der Waals surface area contributed by atoms with Crippen LogP contribution in [-0.4, -0.2) is 11.9 Å². The fraction of sp³-hybridized carbons (Fsp3) is 0.0588. The van der Waals surface area contributed by atoms with Gasteiger partial charge < -0.3 is 9.15 Å². The van der Waals surface area contributed by atoms with Gasteiger partial charge in [0.2, 0.25) is 5.90 Å². The van der Waals surface area contributed by atoms with Crippen LogP contribution in [-0.2, 0) is 9.53 Å². The second-order valence-electron chi connectivity index (χ2n) is 5.10. The Balaban J connectivity index is 1.79. The molecule has 0 radical (unpaired) electrons. The highest BCUT2D eigenvalue weighted by molar-refractivity contribution is 7.21. The molecule has 0 amide bonds. The van der Waals surface area contributed by atoms with E-state index in [0.717, 1.165) is 15.6 Å². The maximum Gasteiger partial charge on any atom is 0.363 e. The number of hydrogen-bond acceptors (Lipinski definition) is 5. The van der Waals surface area contributed by atoms with Crippen molar-refractivity contribution in [2.45, 2.75) is 6.92 Å². The van der Waals surface area contributed by atoms with Gasteiger partial charge in [0.05, 0.1) is 11.3 Å². The van der Waals surface area contributed by atoms with E-state index >= 15 is 0 Å². The number of carbonyl (C=O) groups excluding carboxylic acids is 1. The highest BCUT2D eigenvalue weighted by atomic mass is 35.5. The normalized spacial score (nSPS) is 16.2. The lowest BCUT2D eigenvalue weighted by molar-refractivity contribution is -0.129. The van der Waals surface area contributed by atoms with Crippen LogP contribution in [0.4, 0.5) is 0 Å². The predicted octanol–water partition coefficient (Wildman–Crippen LogP) is 4.80. The zero-order chi connectivity index (χ0) is 16.0. The van der Waals surface area contributed by atoms with Crippen LogP contribution in [0.15, 0.2) is 51.7 Å². The maximum absolute atomic E-state index is 12.0. The summed E-state index contributed by atoms with van der Waals surface area (Å²) in [4.78, 5) is 16.9. The van der Waals surface area contributed by atoms with Crippen molar-refractivity contribution in [1.29, 1.82) is 0 Å². The second-order valence-corrected chi connectivity index (χ2v) is 6.53. The molecule has 0 unspecified atom stereocenters. The topological polar surface area (TPSA) is 51.8 Å². The number of rotatable bonds is 2. The summed E-state index contributed by atoms with van der Waals surface area (Å²) in [5.74, 6) is 0.262. The average molecular weight is 344 g/mol. The monoisotopic (exact) mass is 343 g/mol. The summed E-state index contributed by atoms with van der Waals surface area (Å²) in [6.07, 6.45) is 3.07. The Labute approximate surface area is 140 Å². The Morgan fingerprint density at radius 3 is 2.96 bits per heavy atom. The number of fused-ring (bicyclic) bond motifs is 1. The fourth-order valence-electron chi connectivity index (χ4n) is 2.32. The Hall–Kier alpha value is -2.37. The maximum atomic E-state index is 12.0. The molecule has 3 heterocycles. The summed E-state index contributed by atoms with van der Waals surface area (Å²) in [5.41, 5.74) is 1.34. The lowest BCUT2D eigenvalue weighted by Gasteiger charge is -1.95. The molecule has 1 aromatic carbocycles. The van der Waals surface area contributed by atoms with Crippen LogP contribution < -0.4 is 0 Å². The highest BCUT2D eigenvalue weighted by Crippen LogP contribution is 2.37. The highest BCUT2D eigenvalue weighted by Gasteiger charge is 2.28. The molecular formula is C17H10ClNO3S. The van der Waals surface area contributed by atoms with Gasteiger partial charge in [-0.1, -0.05) is 23.7 Å². The molecule has 0 fully saturated rings. The van der Waals surface area contributed by atoms with Gasteiger partial charge in [0.15, 0.2) is 5.70 Å². The molecule has 0 bridgehead atoms. The van der Waals surface area contributed by atoms with E-state index in [1.165, 1.54) is 17.6 Å². The van der Waals surface area contributed by atoms with Gasteiger partial charge in [0.1, 0.15) is 10.6 Å². The van der Waals surface area contributed by atoms with Crippen molar-refractivity contribution in [2.75, 3.05) is 0 Å². The first-order chi connectivity index (χ1) is 11.1. The van der Waals surface area contributed by atoms with Crippen LogP contribution in [0.1, 0.15) is 16.2 Å². The number of aliphatic imine (C=N–C) groups is 1. The minimum atomic E-state index is -0.513. The van der Waals surface area contributed by atoms with Crippen LogP contribution in [0.2, 0.25) is 5.02 Å². The van der Waals surface area contributed by atoms with Crippen molar-refractivity contribution in [3.8, 4) is 0 Å². The molecule has 4 nitrogen and oxygen atoms in total. The van der Waals surface area contributed by atoms with Crippen LogP contribution in [0, 0.1) is 6.92 Å². The molecule has 23 heavy (non-hydrogen) atoms. The molecule has 6 heteroatoms. The first-order valence-corrected chi connectivity index (χ1v) is 8.06. The van der Waals surface area contributed by atoms with Crippen molar-refractivity contribution in [1.82, 2.24) is 0 Å². The number of halogens is 1. The largest absolute Gasteiger partial charge is 0.465 e. The van der Waals surface area contributed by atoms with E-state index in [1.54, 1.807) is 18.2 Å². The number of hydrogen-bond donors (Lipinski definition) is 0. The molecule has 1 aliphatic rings. The number of benzene rings is 1. The smallest absolute Gasteiger partial charge is 0.363 e. The second kappa shape index (κ2) is 5.37. The Morgan fingerprint density at radius 1 is 1.30 bits per heavy atom. The molecule has 2 aromatic heterocycles. The van der Waals surface area contributed by atoms with E-state index in [0.29, 0.717) is 15.7 Å². The Bertz CT molecular complexity index is 983. The first kappa shape index (κ1) is 14.2. The van der Waals surface area contributed by atoms with Gasteiger partial charge in [-0.25, -0.2) is 9.79 Å². The number of thiophene rings is 1. The number of cyclic esters (lactones) is 1. The molecule has 4 rings (SSSR count). The number of ether oxygens (including phenoxy) is 1. The number of esters is 1. The molecule has 114 valence electrons. The molecule has 0 saturated heterocycles. The molecule has 0 N–H and O–H groups in total. The van der Waals surface area contributed by atoms with E-state index in [1.807, 2.05) is 25.1 Å². The molecule has 0 saturated carbocycles. The van der Waals surface area contributed by atoms with Crippen LogP contribution >= 0.6 is 22.9 Å². The van der Waals surface area contributed by atoms with E-state index < -0.39 is 5.97 Å². The zero-order valence-electron chi connectivity index (χ0n) is 12.0. The van der Waals surface area contributed by atoms with Gasteiger partial charge in [-0.3, -0.25) is 0 Å². The SMILES string of the molecule is Cc1ccc2c(Cl)c(C3=N/C(=C/c4ccco4)C(=O)O3)sc2c1.